The number of hydrogen-bond donors (Lipinski definition) is 1. The third kappa shape index (κ3) is 5.30. The van der Waals surface area contributed by atoms with Gasteiger partial charge in [0.25, 0.3) is 0 Å². The highest BCUT2D eigenvalue weighted by Crippen LogP contribution is 2.08. The van der Waals surface area contributed by atoms with Crippen molar-refractivity contribution in [3.8, 4) is 0 Å². The van der Waals surface area contributed by atoms with E-state index >= 15 is 0 Å². The second-order valence-corrected chi connectivity index (χ2v) is 3.07. The van der Waals surface area contributed by atoms with Crippen molar-refractivity contribution in [2.45, 2.75) is 24.9 Å². The molecule has 0 radical (unpaired) electrons. The number of halogens is 2. The maximum absolute atomic E-state index is 10.5. The van der Waals surface area contributed by atoms with E-state index < -0.39 is 11.1 Å². The lowest BCUT2D eigenvalue weighted by Gasteiger charge is -2.17. The first-order valence-electron chi connectivity index (χ1n) is 3.24. The molecule has 0 aromatic heterocycles. The zero-order chi connectivity index (χ0) is 8.85. The van der Waals surface area contributed by atoms with Crippen LogP contribution in [-0.2, 0) is 9.53 Å². The van der Waals surface area contributed by atoms with Gasteiger partial charge in [0, 0.05) is 13.5 Å². The summed E-state index contributed by atoms with van der Waals surface area (Å²) in [6.07, 6.45) is -0.610. The summed E-state index contributed by atoms with van der Waals surface area (Å²) in [7, 11) is 0. The van der Waals surface area contributed by atoms with Crippen LogP contribution < -0.4 is 5.32 Å². The minimum atomic E-state index is -0.737. The number of nitrogens with one attached hydrogen (secondary N) is 1. The fourth-order valence-electron chi connectivity index (χ4n) is 0.557. The van der Waals surface area contributed by atoms with Crippen molar-refractivity contribution in [3.63, 3.8) is 0 Å². The highest BCUT2D eigenvalue weighted by atomic mass is 35.5. The van der Waals surface area contributed by atoms with Crippen LogP contribution in [0.2, 0.25) is 0 Å². The van der Waals surface area contributed by atoms with E-state index in [-0.39, 0.29) is 5.91 Å². The number of hydrogen-bond acceptors (Lipinski definition) is 2. The third-order valence-corrected chi connectivity index (χ3v) is 1.38. The first kappa shape index (κ1) is 11.0. The molecule has 1 unspecified atom stereocenters. The molecule has 0 aliphatic heterocycles. The lowest BCUT2D eigenvalue weighted by molar-refractivity contribution is -0.122. The summed E-state index contributed by atoms with van der Waals surface area (Å²) < 4.78 is 5.02. The molecule has 0 aromatic carbocycles. The first-order valence-corrected chi connectivity index (χ1v) is 4.12. The van der Waals surface area contributed by atoms with Gasteiger partial charge in [-0.25, -0.2) is 0 Å². The van der Waals surface area contributed by atoms with Gasteiger partial charge in [0.1, 0.15) is 0 Å². The number of alkyl halides is 2. The Kier molecular flexibility index (Phi) is 5.64. The van der Waals surface area contributed by atoms with Crippen molar-refractivity contribution in [1.82, 2.24) is 5.32 Å². The van der Waals surface area contributed by atoms with Crippen LogP contribution in [0.4, 0.5) is 0 Å². The maximum atomic E-state index is 10.5. The van der Waals surface area contributed by atoms with Crippen molar-refractivity contribution in [3.05, 3.63) is 0 Å². The summed E-state index contributed by atoms with van der Waals surface area (Å²) in [6, 6.07) is 0. The number of rotatable bonds is 4. The molecule has 0 bridgehead atoms. The van der Waals surface area contributed by atoms with Gasteiger partial charge in [-0.1, -0.05) is 0 Å². The molecular formula is C6H11Cl2NO2. The smallest absolute Gasteiger partial charge is 0.218 e. The fourth-order valence-corrected chi connectivity index (χ4v) is 0.829. The van der Waals surface area contributed by atoms with Crippen molar-refractivity contribution >= 4 is 29.1 Å². The fraction of sp³-hybridized carbons (Fsp3) is 0.833. The van der Waals surface area contributed by atoms with Crippen LogP contribution in [-0.4, -0.2) is 23.6 Å². The van der Waals surface area contributed by atoms with Crippen LogP contribution in [0.1, 0.15) is 13.8 Å². The van der Waals surface area contributed by atoms with Crippen LogP contribution >= 0.6 is 23.2 Å². The van der Waals surface area contributed by atoms with Crippen molar-refractivity contribution in [2.24, 2.45) is 0 Å². The molecule has 5 heteroatoms. The summed E-state index contributed by atoms with van der Waals surface area (Å²) in [5.41, 5.74) is 0. The van der Waals surface area contributed by atoms with E-state index in [1.165, 1.54) is 6.92 Å². The molecule has 0 saturated heterocycles. The Labute approximate surface area is 76.0 Å². The zero-order valence-electron chi connectivity index (χ0n) is 6.43. The Balaban J connectivity index is 3.79. The van der Waals surface area contributed by atoms with Gasteiger partial charge >= 0.3 is 0 Å². The average molecular weight is 200 g/mol. The number of amides is 1. The van der Waals surface area contributed by atoms with Crippen molar-refractivity contribution in [2.75, 3.05) is 6.61 Å². The Morgan fingerprint density at radius 2 is 2.18 bits per heavy atom. The molecule has 11 heavy (non-hydrogen) atoms. The molecule has 0 saturated carbocycles. The summed E-state index contributed by atoms with van der Waals surface area (Å²) in [6.45, 7) is 3.63. The standard InChI is InChI=1S/C6H11Cl2NO2/c1-3-11-6(5(7)8)9-4(2)10/h5-6H,3H2,1-2H3,(H,9,10). The molecule has 3 nitrogen and oxygen atoms in total. The molecule has 0 aliphatic rings. The summed E-state index contributed by atoms with van der Waals surface area (Å²) in [5.74, 6) is -0.213. The Bertz CT molecular complexity index is 130. The Hall–Kier alpha value is 0.01000. The molecule has 0 aliphatic carbocycles. The molecule has 0 spiro atoms. The van der Waals surface area contributed by atoms with E-state index in [4.69, 9.17) is 27.9 Å². The van der Waals surface area contributed by atoms with E-state index in [1.807, 2.05) is 0 Å². The molecule has 0 rings (SSSR count). The Morgan fingerprint density at radius 1 is 1.64 bits per heavy atom. The first-order chi connectivity index (χ1) is 5.07. The molecule has 0 aromatic rings. The van der Waals surface area contributed by atoms with E-state index in [2.05, 4.69) is 5.32 Å². The van der Waals surface area contributed by atoms with Gasteiger partial charge in [0.15, 0.2) is 11.1 Å². The van der Waals surface area contributed by atoms with Crippen LogP contribution in [0.15, 0.2) is 0 Å². The summed E-state index contributed by atoms with van der Waals surface area (Å²) in [5, 5.41) is 2.46. The van der Waals surface area contributed by atoms with Gasteiger partial charge in [-0.05, 0) is 6.92 Å². The quantitative estimate of drug-likeness (QED) is 0.548. The van der Waals surface area contributed by atoms with Gasteiger partial charge < -0.3 is 10.1 Å². The SMILES string of the molecule is CCOC(NC(C)=O)C(Cl)Cl. The lowest BCUT2D eigenvalue weighted by atomic mass is 10.5. The topological polar surface area (TPSA) is 38.3 Å². The molecule has 66 valence electrons. The van der Waals surface area contributed by atoms with Gasteiger partial charge in [0.2, 0.25) is 5.91 Å². The van der Waals surface area contributed by atoms with Crippen LogP contribution in [0.5, 0.6) is 0 Å². The maximum Gasteiger partial charge on any atom is 0.218 e. The van der Waals surface area contributed by atoms with E-state index in [9.17, 15) is 4.79 Å². The molecular weight excluding hydrogens is 189 g/mol. The van der Waals surface area contributed by atoms with E-state index in [1.54, 1.807) is 6.92 Å². The second-order valence-electron chi connectivity index (χ2n) is 1.91. The van der Waals surface area contributed by atoms with Crippen molar-refractivity contribution in [1.29, 1.82) is 0 Å². The van der Waals surface area contributed by atoms with Gasteiger partial charge in [0.05, 0.1) is 0 Å². The monoisotopic (exact) mass is 199 g/mol. The van der Waals surface area contributed by atoms with Crippen LogP contribution in [0, 0.1) is 0 Å². The highest BCUT2D eigenvalue weighted by Gasteiger charge is 2.17. The lowest BCUT2D eigenvalue weighted by Crippen LogP contribution is -2.40. The number of carbonyl (C=O) groups excluding carboxylic acids is 1. The number of carbonyl (C=O) groups is 1. The van der Waals surface area contributed by atoms with Gasteiger partial charge in [-0.2, -0.15) is 0 Å². The van der Waals surface area contributed by atoms with E-state index in [0.29, 0.717) is 6.61 Å². The third-order valence-electron chi connectivity index (χ3n) is 0.921. The molecule has 1 atom stereocenters. The summed E-state index contributed by atoms with van der Waals surface area (Å²) in [4.78, 5) is 9.79. The Morgan fingerprint density at radius 3 is 2.45 bits per heavy atom. The number of ether oxygens (including phenoxy) is 1. The van der Waals surface area contributed by atoms with Crippen molar-refractivity contribution < 1.29 is 9.53 Å². The zero-order valence-corrected chi connectivity index (χ0v) is 7.95. The van der Waals surface area contributed by atoms with Gasteiger partial charge in [-0.15, -0.1) is 23.2 Å². The largest absolute Gasteiger partial charge is 0.356 e. The average Bonchev–Trinajstić information content (AvgIpc) is 1.86. The molecule has 1 amide bonds. The molecule has 0 heterocycles. The van der Waals surface area contributed by atoms with E-state index in [0.717, 1.165) is 0 Å². The highest BCUT2D eigenvalue weighted by molar-refractivity contribution is 6.44. The predicted molar refractivity (Wildman–Crippen MR) is 44.7 cm³/mol. The summed E-state index contributed by atoms with van der Waals surface area (Å²) >= 11 is 11.0. The predicted octanol–water partition coefficient (Wildman–Crippen LogP) is 1.29. The van der Waals surface area contributed by atoms with Gasteiger partial charge in [-0.3, -0.25) is 4.79 Å². The molecule has 1 N–H and O–H groups in total. The minimum absolute atomic E-state index is 0.213. The normalized spacial score (nSPS) is 13.2. The van der Waals surface area contributed by atoms with Crippen LogP contribution in [0.25, 0.3) is 0 Å². The second kappa shape index (κ2) is 5.63. The molecule has 0 fully saturated rings. The van der Waals surface area contributed by atoms with Crippen LogP contribution in [0.3, 0.4) is 0 Å². The minimum Gasteiger partial charge on any atom is -0.356 e.